The molecule has 0 saturated carbocycles. The van der Waals surface area contributed by atoms with Crippen molar-refractivity contribution in [1.82, 2.24) is 9.97 Å². The van der Waals surface area contributed by atoms with Crippen LogP contribution in [0.4, 0.5) is 0 Å². The molecule has 0 aliphatic rings. The first kappa shape index (κ1) is 29.3. The normalized spacial score (nSPS) is 11.6. The van der Waals surface area contributed by atoms with Crippen molar-refractivity contribution >= 4 is 54.0 Å². The molecule has 2 heterocycles. The van der Waals surface area contributed by atoms with Gasteiger partial charge in [-0.3, -0.25) is 9.97 Å². The minimum atomic E-state index is 0.958. The molecule has 0 fully saturated rings. The van der Waals surface area contributed by atoms with Crippen LogP contribution in [-0.4, -0.2) is 9.97 Å². The molecule has 8 aromatic carbocycles. The fourth-order valence-electron chi connectivity index (χ4n) is 7.91. The molecule has 2 aromatic heterocycles. The topological polar surface area (TPSA) is 25.8 Å². The van der Waals surface area contributed by atoms with Gasteiger partial charge in [0.05, 0.1) is 11.2 Å². The fourth-order valence-corrected chi connectivity index (χ4v) is 7.91. The Kier molecular flexibility index (Phi) is 6.75. The quantitative estimate of drug-likeness (QED) is 0.178. The summed E-state index contributed by atoms with van der Waals surface area (Å²) in [4.78, 5) is 9.74. The Balaban J connectivity index is 1.21. The second kappa shape index (κ2) is 11.8. The number of pyridine rings is 2. The van der Waals surface area contributed by atoms with Gasteiger partial charge in [-0.1, -0.05) is 127 Å². The summed E-state index contributed by atoms with van der Waals surface area (Å²) in [6.45, 7) is 2.15. The van der Waals surface area contributed by atoms with E-state index < -0.39 is 0 Å². The first-order valence-corrected chi connectivity index (χ1v) is 17.5. The molecule has 0 N–H and O–H groups in total. The summed E-state index contributed by atoms with van der Waals surface area (Å²) in [6.07, 6.45) is 3.95. The Morgan fingerprint density at radius 3 is 1.51 bits per heavy atom. The number of aromatic nitrogens is 2. The molecule has 10 aromatic rings. The summed E-state index contributed by atoms with van der Waals surface area (Å²) in [5, 5.41) is 11.0. The van der Waals surface area contributed by atoms with Crippen LogP contribution in [0.25, 0.3) is 98.6 Å². The van der Waals surface area contributed by atoms with E-state index in [2.05, 4.69) is 159 Å². The Morgan fingerprint density at radius 1 is 0.333 bits per heavy atom. The molecule has 0 aliphatic carbocycles. The highest BCUT2D eigenvalue weighted by Gasteiger charge is 2.18. The maximum absolute atomic E-state index is 5.03. The molecule has 51 heavy (non-hydrogen) atoms. The number of nitrogens with zero attached hydrogens (tertiary/aromatic N) is 2. The van der Waals surface area contributed by atoms with Crippen molar-refractivity contribution < 1.29 is 0 Å². The zero-order valence-electron chi connectivity index (χ0n) is 28.1. The summed E-state index contributed by atoms with van der Waals surface area (Å²) in [5.74, 6) is 0. The summed E-state index contributed by atoms with van der Waals surface area (Å²) < 4.78 is 0. The summed E-state index contributed by atoms with van der Waals surface area (Å²) in [7, 11) is 0. The lowest BCUT2D eigenvalue weighted by molar-refractivity contribution is 1.26. The van der Waals surface area contributed by atoms with E-state index in [1.54, 1.807) is 0 Å². The van der Waals surface area contributed by atoms with Crippen molar-refractivity contribution in [1.29, 1.82) is 0 Å². The molecule has 0 atom stereocenters. The van der Waals surface area contributed by atoms with Gasteiger partial charge in [-0.2, -0.15) is 0 Å². The van der Waals surface area contributed by atoms with E-state index in [0.29, 0.717) is 0 Å². The molecule has 10 rings (SSSR count). The van der Waals surface area contributed by atoms with E-state index >= 15 is 0 Å². The van der Waals surface area contributed by atoms with E-state index in [-0.39, 0.29) is 0 Å². The van der Waals surface area contributed by atoms with Crippen LogP contribution in [-0.2, 0) is 0 Å². The summed E-state index contributed by atoms with van der Waals surface area (Å²) in [5.41, 5.74) is 11.3. The molecular formula is C49H32N2. The van der Waals surface area contributed by atoms with Crippen molar-refractivity contribution in [2.75, 3.05) is 0 Å². The van der Waals surface area contributed by atoms with Crippen molar-refractivity contribution in [3.63, 3.8) is 0 Å². The summed E-state index contributed by atoms with van der Waals surface area (Å²) >= 11 is 0. The van der Waals surface area contributed by atoms with Crippen LogP contribution in [0.1, 0.15) is 5.56 Å². The highest BCUT2D eigenvalue weighted by molar-refractivity contribution is 6.22. The molecule has 0 radical (unpaired) electrons. The van der Waals surface area contributed by atoms with Crippen LogP contribution < -0.4 is 0 Å². The molecular weight excluding hydrogens is 617 g/mol. The SMILES string of the molecule is Cc1cc(-c2ccc3c(-c4ccc5ccccc5c4)c4ccccc4c(-c4ccc5ccccc5c4)c3c2)cnc1-c1cnc2ccccc2c1. The molecule has 0 aliphatic heterocycles. The maximum atomic E-state index is 5.03. The number of hydrogen-bond acceptors (Lipinski definition) is 2. The number of hydrogen-bond donors (Lipinski definition) is 0. The number of para-hydroxylation sites is 1. The van der Waals surface area contributed by atoms with Crippen molar-refractivity contribution in [3.8, 4) is 44.6 Å². The molecule has 0 unspecified atom stereocenters. The zero-order chi connectivity index (χ0) is 33.9. The number of fused-ring (bicyclic) bond motifs is 5. The molecule has 238 valence electrons. The Hall–Kier alpha value is -6.64. The van der Waals surface area contributed by atoms with Crippen LogP contribution in [0.15, 0.2) is 176 Å². The van der Waals surface area contributed by atoms with E-state index in [0.717, 1.165) is 38.9 Å². The van der Waals surface area contributed by atoms with E-state index in [4.69, 9.17) is 9.97 Å². The molecule has 2 nitrogen and oxygen atoms in total. The van der Waals surface area contributed by atoms with Crippen LogP contribution in [0.2, 0.25) is 0 Å². The second-order valence-electron chi connectivity index (χ2n) is 13.5. The standard InChI is InChI=1S/C49H32N2/c1-31-24-40(29-51-49(31)41-27-37-14-6-9-17-46(37)50-30-41)36-22-23-44-45(28-36)48(39-21-19-33-11-3-5-13-35(33)26-39)43-16-8-7-15-42(43)47(44)38-20-18-32-10-2-4-12-34(32)25-38/h2-30H,1H3. The largest absolute Gasteiger partial charge is 0.256 e. The third-order valence-corrected chi connectivity index (χ3v) is 10.4. The zero-order valence-corrected chi connectivity index (χ0v) is 28.1. The van der Waals surface area contributed by atoms with E-state index in [1.165, 1.54) is 65.3 Å². The van der Waals surface area contributed by atoms with Gasteiger partial charge in [0.25, 0.3) is 0 Å². The Labute approximate surface area is 296 Å². The smallest absolute Gasteiger partial charge is 0.0747 e. The average Bonchev–Trinajstić information content (AvgIpc) is 3.19. The van der Waals surface area contributed by atoms with Gasteiger partial charge in [-0.25, -0.2) is 0 Å². The first-order valence-electron chi connectivity index (χ1n) is 17.5. The number of benzene rings is 8. The monoisotopic (exact) mass is 648 g/mol. The van der Waals surface area contributed by atoms with Gasteiger partial charge < -0.3 is 0 Å². The van der Waals surface area contributed by atoms with Gasteiger partial charge in [0.15, 0.2) is 0 Å². The lowest BCUT2D eigenvalue weighted by Gasteiger charge is -2.19. The molecule has 0 bridgehead atoms. The van der Waals surface area contributed by atoms with Crippen molar-refractivity contribution in [2.45, 2.75) is 6.92 Å². The van der Waals surface area contributed by atoms with Gasteiger partial charge in [0.2, 0.25) is 0 Å². The van der Waals surface area contributed by atoms with Gasteiger partial charge in [-0.05, 0) is 120 Å². The summed E-state index contributed by atoms with van der Waals surface area (Å²) in [6, 6.07) is 59.5. The fraction of sp³-hybridized carbons (Fsp3) is 0.0204. The molecule has 0 saturated heterocycles. The van der Waals surface area contributed by atoms with E-state index in [9.17, 15) is 0 Å². The lowest BCUT2D eigenvalue weighted by atomic mass is 9.84. The van der Waals surface area contributed by atoms with Crippen LogP contribution in [0, 0.1) is 6.92 Å². The molecule has 0 spiro atoms. The van der Waals surface area contributed by atoms with E-state index in [1.807, 2.05) is 24.5 Å². The lowest BCUT2D eigenvalue weighted by Crippen LogP contribution is -1.94. The second-order valence-corrected chi connectivity index (χ2v) is 13.5. The molecule has 0 amide bonds. The maximum Gasteiger partial charge on any atom is 0.0747 e. The van der Waals surface area contributed by atoms with Gasteiger partial charge >= 0.3 is 0 Å². The molecule has 2 heteroatoms. The highest BCUT2D eigenvalue weighted by Crippen LogP contribution is 2.46. The minimum Gasteiger partial charge on any atom is -0.256 e. The third kappa shape index (κ3) is 4.95. The predicted octanol–water partition coefficient (Wildman–Crippen LogP) is 13.2. The Bertz CT molecular complexity index is 2990. The van der Waals surface area contributed by atoms with Crippen LogP contribution in [0.5, 0.6) is 0 Å². The van der Waals surface area contributed by atoms with Gasteiger partial charge in [-0.15, -0.1) is 0 Å². The predicted molar refractivity (Wildman–Crippen MR) is 216 cm³/mol. The third-order valence-electron chi connectivity index (χ3n) is 10.4. The minimum absolute atomic E-state index is 0.958. The average molecular weight is 649 g/mol. The van der Waals surface area contributed by atoms with Crippen molar-refractivity contribution in [3.05, 3.63) is 182 Å². The first-order chi connectivity index (χ1) is 25.2. The Morgan fingerprint density at radius 2 is 0.843 bits per heavy atom. The van der Waals surface area contributed by atoms with Crippen molar-refractivity contribution in [2.24, 2.45) is 0 Å². The van der Waals surface area contributed by atoms with Crippen LogP contribution in [0.3, 0.4) is 0 Å². The van der Waals surface area contributed by atoms with Gasteiger partial charge in [0.1, 0.15) is 0 Å². The van der Waals surface area contributed by atoms with Gasteiger partial charge in [0, 0.05) is 28.9 Å². The highest BCUT2D eigenvalue weighted by atomic mass is 14.7. The number of rotatable bonds is 4. The van der Waals surface area contributed by atoms with Crippen LogP contribution >= 0.6 is 0 Å². The number of aryl methyl sites for hydroxylation is 1.